The minimum Gasteiger partial charge on any atom is -0.489 e. The summed E-state index contributed by atoms with van der Waals surface area (Å²) < 4.78 is 7.43. The Hall–Kier alpha value is -2.30. The predicted molar refractivity (Wildman–Crippen MR) is 85.8 cm³/mol. The Morgan fingerprint density at radius 2 is 1.91 bits per heavy atom. The number of aromatic carboxylic acids is 1. The number of hydrogen-bond acceptors (Lipinski definition) is 3. The smallest absolute Gasteiger partial charge is 0.335 e. The van der Waals surface area contributed by atoms with E-state index in [1.54, 1.807) is 16.7 Å². The van der Waals surface area contributed by atoms with Crippen LogP contribution in [0.15, 0.2) is 29.1 Å². The second kappa shape index (κ2) is 6.22. The summed E-state index contributed by atoms with van der Waals surface area (Å²) in [6, 6.07) is 6.17. The molecule has 22 heavy (non-hydrogen) atoms. The SMILES string of the molecule is CC(C)Cn1c(=O)ccc2cc(C(=O)O)cc(OC(C)C)c21. The first-order valence-electron chi connectivity index (χ1n) is 7.37. The summed E-state index contributed by atoms with van der Waals surface area (Å²) in [5.41, 5.74) is 0.690. The van der Waals surface area contributed by atoms with Crippen LogP contribution in [-0.4, -0.2) is 21.7 Å². The van der Waals surface area contributed by atoms with Gasteiger partial charge in [0.2, 0.25) is 0 Å². The molecular formula is C17H21NO4. The highest BCUT2D eigenvalue weighted by molar-refractivity contribution is 5.96. The minimum atomic E-state index is -1.02. The summed E-state index contributed by atoms with van der Waals surface area (Å²) in [4.78, 5) is 23.5. The molecule has 0 atom stereocenters. The lowest BCUT2D eigenvalue weighted by Crippen LogP contribution is -2.23. The fourth-order valence-corrected chi connectivity index (χ4v) is 2.42. The summed E-state index contributed by atoms with van der Waals surface area (Å²) in [6.45, 7) is 8.34. The highest BCUT2D eigenvalue weighted by Crippen LogP contribution is 2.28. The average molecular weight is 303 g/mol. The average Bonchev–Trinajstić information content (AvgIpc) is 2.40. The molecule has 0 saturated heterocycles. The van der Waals surface area contributed by atoms with Crippen molar-refractivity contribution in [2.45, 2.75) is 40.3 Å². The predicted octanol–water partition coefficient (Wildman–Crippen LogP) is 3.14. The van der Waals surface area contributed by atoms with Gasteiger partial charge in [-0.15, -0.1) is 0 Å². The Balaban J connectivity index is 2.80. The normalized spacial score (nSPS) is 11.4. The maximum Gasteiger partial charge on any atom is 0.335 e. The van der Waals surface area contributed by atoms with Crippen LogP contribution >= 0.6 is 0 Å². The van der Waals surface area contributed by atoms with Crippen molar-refractivity contribution in [1.29, 1.82) is 0 Å². The molecule has 118 valence electrons. The molecular weight excluding hydrogens is 282 g/mol. The van der Waals surface area contributed by atoms with Gasteiger partial charge in [0.05, 0.1) is 17.2 Å². The molecule has 2 aromatic rings. The monoisotopic (exact) mass is 303 g/mol. The molecule has 1 N–H and O–H groups in total. The van der Waals surface area contributed by atoms with Crippen molar-refractivity contribution in [3.8, 4) is 5.75 Å². The number of benzene rings is 1. The summed E-state index contributed by atoms with van der Waals surface area (Å²) in [6.07, 6.45) is -0.116. The fraction of sp³-hybridized carbons (Fsp3) is 0.412. The van der Waals surface area contributed by atoms with Gasteiger partial charge in [-0.25, -0.2) is 4.79 Å². The first kappa shape index (κ1) is 16.1. The van der Waals surface area contributed by atoms with Crippen molar-refractivity contribution in [2.75, 3.05) is 0 Å². The van der Waals surface area contributed by atoms with Crippen LogP contribution in [-0.2, 0) is 6.54 Å². The van der Waals surface area contributed by atoms with E-state index in [4.69, 9.17) is 4.74 Å². The van der Waals surface area contributed by atoms with Gasteiger partial charge in [-0.2, -0.15) is 0 Å². The lowest BCUT2D eigenvalue weighted by Gasteiger charge is -2.18. The van der Waals surface area contributed by atoms with Crippen molar-refractivity contribution in [3.63, 3.8) is 0 Å². The largest absolute Gasteiger partial charge is 0.489 e. The Labute approximate surface area is 129 Å². The van der Waals surface area contributed by atoms with Gasteiger partial charge in [0.25, 0.3) is 5.56 Å². The van der Waals surface area contributed by atoms with Crippen molar-refractivity contribution >= 4 is 16.9 Å². The van der Waals surface area contributed by atoms with Crippen LogP contribution in [0, 0.1) is 5.92 Å². The number of pyridine rings is 1. The van der Waals surface area contributed by atoms with E-state index in [0.29, 0.717) is 23.2 Å². The molecule has 0 aliphatic heterocycles. The first-order chi connectivity index (χ1) is 10.3. The van der Waals surface area contributed by atoms with Crippen LogP contribution in [0.5, 0.6) is 5.75 Å². The van der Waals surface area contributed by atoms with E-state index in [1.807, 2.05) is 27.7 Å². The van der Waals surface area contributed by atoms with E-state index < -0.39 is 5.97 Å². The molecule has 1 aromatic carbocycles. The van der Waals surface area contributed by atoms with Crippen LogP contribution in [0.4, 0.5) is 0 Å². The van der Waals surface area contributed by atoms with Gasteiger partial charge in [-0.3, -0.25) is 4.79 Å². The number of nitrogens with zero attached hydrogens (tertiary/aromatic N) is 1. The van der Waals surface area contributed by atoms with Crippen LogP contribution in [0.25, 0.3) is 10.9 Å². The van der Waals surface area contributed by atoms with E-state index in [2.05, 4.69) is 0 Å². The highest BCUT2D eigenvalue weighted by atomic mass is 16.5. The van der Waals surface area contributed by atoms with E-state index in [1.165, 1.54) is 12.1 Å². The molecule has 1 aromatic heterocycles. The van der Waals surface area contributed by atoms with Gasteiger partial charge in [-0.05, 0) is 38.0 Å². The molecule has 0 aliphatic rings. The molecule has 1 heterocycles. The zero-order valence-electron chi connectivity index (χ0n) is 13.3. The van der Waals surface area contributed by atoms with Gasteiger partial charge in [-0.1, -0.05) is 13.8 Å². The van der Waals surface area contributed by atoms with Crippen LogP contribution in [0.1, 0.15) is 38.1 Å². The highest BCUT2D eigenvalue weighted by Gasteiger charge is 2.15. The molecule has 5 heteroatoms. The standard InChI is InChI=1S/C17H21NO4/c1-10(2)9-18-15(19)6-5-12-7-13(17(20)21)8-14(16(12)18)22-11(3)4/h5-8,10-11H,9H2,1-4H3,(H,20,21). The Bertz CT molecular complexity index is 759. The van der Waals surface area contributed by atoms with Gasteiger partial charge in [0.1, 0.15) is 5.75 Å². The Morgan fingerprint density at radius 3 is 2.45 bits per heavy atom. The zero-order chi connectivity index (χ0) is 16.4. The maximum atomic E-state index is 12.2. The topological polar surface area (TPSA) is 68.5 Å². The van der Waals surface area contributed by atoms with Crippen LogP contribution in [0.3, 0.4) is 0 Å². The van der Waals surface area contributed by atoms with E-state index in [0.717, 1.165) is 0 Å². The lowest BCUT2D eigenvalue weighted by atomic mass is 10.1. The van der Waals surface area contributed by atoms with Crippen LogP contribution in [0.2, 0.25) is 0 Å². The van der Waals surface area contributed by atoms with E-state index in [9.17, 15) is 14.7 Å². The Kier molecular flexibility index (Phi) is 4.54. The summed E-state index contributed by atoms with van der Waals surface area (Å²) >= 11 is 0. The molecule has 0 spiro atoms. The third-order valence-corrected chi connectivity index (χ3v) is 3.20. The minimum absolute atomic E-state index is 0.113. The number of carbonyl (C=O) groups is 1. The Morgan fingerprint density at radius 1 is 1.23 bits per heavy atom. The molecule has 0 radical (unpaired) electrons. The number of aromatic nitrogens is 1. The van der Waals surface area contributed by atoms with Gasteiger partial charge >= 0.3 is 5.97 Å². The van der Waals surface area contributed by atoms with Crippen molar-refractivity contribution < 1.29 is 14.6 Å². The number of carboxylic acids is 1. The number of hydrogen-bond donors (Lipinski definition) is 1. The van der Waals surface area contributed by atoms with E-state index in [-0.39, 0.29) is 23.1 Å². The molecule has 0 unspecified atom stereocenters. The number of ether oxygens (including phenoxy) is 1. The molecule has 0 amide bonds. The summed E-state index contributed by atoms with van der Waals surface area (Å²) in [5.74, 6) is -0.297. The third kappa shape index (κ3) is 3.30. The maximum absolute atomic E-state index is 12.2. The molecule has 0 aliphatic carbocycles. The number of carboxylic acid groups (broad SMARTS) is 1. The van der Waals surface area contributed by atoms with Crippen LogP contribution < -0.4 is 10.3 Å². The summed E-state index contributed by atoms with van der Waals surface area (Å²) in [7, 11) is 0. The second-order valence-corrected chi connectivity index (χ2v) is 6.06. The summed E-state index contributed by atoms with van der Waals surface area (Å²) in [5, 5.41) is 9.94. The van der Waals surface area contributed by atoms with E-state index >= 15 is 0 Å². The molecule has 5 nitrogen and oxygen atoms in total. The number of fused-ring (bicyclic) bond motifs is 1. The molecule has 0 saturated carbocycles. The number of rotatable bonds is 5. The molecule has 0 bridgehead atoms. The lowest BCUT2D eigenvalue weighted by molar-refractivity contribution is 0.0696. The van der Waals surface area contributed by atoms with Gasteiger partial charge in [0, 0.05) is 18.0 Å². The van der Waals surface area contributed by atoms with Gasteiger partial charge < -0.3 is 14.4 Å². The first-order valence-corrected chi connectivity index (χ1v) is 7.37. The third-order valence-electron chi connectivity index (χ3n) is 3.20. The molecule has 0 fully saturated rings. The van der Waals surface area contributed by atoms with Crippen molar-refractivity contribution in [2.24, 2.45) is 5.92 Å². The second-order valence-electron chi connectivity index (χ2n) is 6.06. The zero-order valence-corrected chi connectivity index (χ0v) is 13.3. The fourth-order valence-electron chi connectivity index (χ4n) is 2.42. The molecule has 2 rings (SSSR count). The quantitative estimate of drug-likeness (QED) is 0.921. The van der Waals surface area contributed by atoms with Crippen molar-refractivity contribution in [1.82, 2.24) is 4.57 Å². The van der Waals surface area contributed by atoms with Gasteiger partial charge in [0.15, 0.2) is 0 Å². The van der Waals surface area contributed by atoms with Crippen molar-refractivity contribution in [3.05, 3.63) is 40.2 Å².